The molecule has 1 atom stereocenters. The van der Waals surface area contributed by atoms with E-state index in [1.54, 1.807) is 0 Å². The first-order chi connectivity index (χ1) is 7.39. The summed E-state index contributed by atoms with van der Waals surface area (Å²) in [6, 6.07) is 3.23. The molecule has 16 heavy (non-hydrogen) atoms. The summed E-state index contributed by atoms with van der Waals surface area (Å²) in [5, 5.41) is 16.0. The van der Waals surface area contributed by atoms with Crippen molar-refractivity contribution in [3.05, 3.63) is 29.5 Å². The predicted molar refractivity (Wildman–Crippen MR) is 51.7 cm³/mol. The molecule has 0 bridgehead atoms. The zero-order valence-electron chi connectivity index (χ0n) is 8.34. The molecule has 1 heterocycles. The fraction of sp³-hybridized carbons (Fsp3) is 0.300. The fourth-order valence-corrected chi connectivity index (χ4v) is 1.52. The second kappa shape index (κ2) is 3.48. The van der Waals surface area contributed by atoms with Gasteiger partial charge in [-0.25, -0.2) is 0 Å². The summed E-state index contributed by atoms with van der Waals surface area (Å²) in [5.41, 5.74) is -0.0479. The Labute approximate surface area is 88.9 Å². The lowest BCUT2D eigenvalue weighted by Crippen LogP contribution is -2.04. The van der Waals surface area contributed by atoms with Crippen LogP contribution in [0.15, 0.2) is 18.2 Å². The quantitative estimate of drug-likeness (QED) is 0.791. The van der Waals surface area contributed by atoms with Crippen molar-refractivity contribution in [1.29, 1.82) is 0 Å². The summed E-state index contributed by atoms with van der Waals surface area (Å²) in [4.78, 5) is 0. The van der Waals surface area contributed by atoms with Gasteiger partial charge in [0, 0.05) is 5.39 Å². The van der Waals surface area contributed by atoms with Crippen LogP contribution in [0.3, 0.4) is 0 Å². The normalized spacial score (nSPS) is 14.3. The Morgan fingerprint density at radius 1 is 1.38 bits per heavy atom. The van der Waals surface area contributed by atoms with Crippen LogP contribution in [0.25, 0.3) is 10.9 Å². The van der Waals surface area contributed by atoms with Crippen LogP contribution in [0, 0.1) is 0 Å². The Balaban J connectivity index is 2.63. The van der Waals surface area contributed by atoms with Gasteiger partial charge in [-0.05, 0) is 25.1 Å². The van der Waals surface area contributed by atoms with Crippen molar-refractivity contribution in [1.82, 2.24) is 10.2 Å². The second-order valence-corrected chi connectivity index (χ2v) is 3.54. The van der Waals surface area contributed by atoms with Crippen molar-refractivity contribution in [2.45, 2.75) is 19.2 Å². The number of aliphatic hydroxyl groups excluding tert-OH is 1. The maximum atomic E-state index is 12.5. The van der Waals surface area contributed by atoms with Gasteiger partial charge in [0.1, 0.15) is 0 Å². The van der Waals surface area contributed by atoms with E-state index < -0.39 is 17.8 Å². The monoisotopic (exact) mass is 230 g/mol. The van der Waals surface area contributed by atoms with Crippen LogP contribution in [0.2, 0.25) is 0 Å². The zero-order valence-corrected chi connectivity index (χ0v) is 8.34. The van der Waals surface area contributed by atoms with E-state index in [-0.39, 0.29) is 0 Å². The molecule has 2 aromatic rings. The molecule has 0 fully saturated rings. The van der Waals surface area contributed by atoms with E-state index in [1.807, 2.05) is 0 Å². The molecule has 0 spiro atoms. The number of alkyl halides is 3. The molecule has 0 amide bonds. The number of nitrogens with one attached hydrogen (secondary N) is 1. The van der Waals surface area contributed by atoms with E-state index in [2.05, 4.69) is 10.2 Å². The number of halogens is 3. The lowest BCUT2D eigenvalue weighted by molar-refractivity contribution is -0.137. The smallest absolute Gasteiger partial charge is 0.387 e. The number of benzene rings is 1. The summed E-state index contributed by atoms with van der Waals surface area (Å²) in [5.74, 6) is 0. The molecular weight excluding hydrogens is 221 g/mol. The SMILES string of the molecule is CC(O)c1[nH]nc2ccc(C(F)(F)F)cc12. The third-order valence-electron chi connectivity index (χ3n) is 2.33. The minimum Gasteiger partial charge on any atom is -0.387 e. The van der Waals surface area contributed by atoms with Crippen LogP contribution >= 0.6 is 0 Å². The second-order valence-electron chi connectivity index (χ2n) is 3.54. The number of H-pyrrole nitrogens is 1. The third-order valence-corrected chi connectivity index (χ3v) is 2.33. The Kier molecular flexibility index (Phi) is 2.38. The fourth-order valence-electron chi connectivity index (χ4n) is 1.52. The van der Waals surface area contributed by atoms with Crippen LogP contribution in [0.1, 0.15) is 24.3 Å². The molecule has 0 aliphatic heterocycles. The molecule has 86 valence electrons. The van der Waals surface area contributed by atoms with Crippen LogP contribution in [-0.4, -0.2) is 15.3 Å². The van der Waals surface area contributed by atoms with E-state index >= 15 is 0 Å². The number of aliphatic hydroxyl groups is 1. The van der Waals surface area contributed by atoms with E-state index in [9.17, 15) is 18.3 Å². The number of hydrogen-bond acceptors (Lipinski definition) is 2. The van der Waals surface area contributed by atoms with Crippen molar-refractivity contribution >= 4 is 10.9 Å². The average molecular weight is 230 g/mol. The maximum Gasteiger partial charge on any atom is 0.416 e. The van der Waals surface area contributed by atoms with Crippen molar-refractivity contribution in [2.75, 3.05) is 0 Å². The maximum absolute atomic E-state index is 12.5. The molecule has 0 radical (unpaired) electrons. The highest BCUT2D eigenvalue weighted by Crippen LogP contribution is 2.32. The Morgan fingerprint density at radius 2 is 2.06 bits per heavy atom. The molecule has 1 aromatic carbocycles. The molecule has 3 nitrogen and oxygen atoms in total. The van der Waals surface area contributed by atoms with Crippen molar-refractivity contribution < 1.29 is 18.3 Å². The lowest BCUT2D eigenvalue weighted by atomic mass is 10.1. The first-order valence-electron chi connectivity index (χ1n) is 4.63. The number of hydrogen-bond donors (Lipinski definition) is 2. The first kappa shape index (κ1) is 10.9. The minimum absolute atomic E-state index is 0.293. The van der Waals surface area contributed by atoms with E-state index in [1.165, 1.54) is 13.0 Å². The van der Waals surface area contributed by atoms with Gasteiger partial charge in [0.15, 0.2) is 0 Å². The predicted octanol–water partition coefficient (Wildman–Crippen LogP) is 2.63. The Bertz CT molecular complexity index is 516. The summed E-state index contributed by atoms with van der Waals surface area (Å²) >= 11 is 0. The van der Waals surface area contributed by atoms with Gasteiger partial charge < -0.3 is 5.11 Å². The van der Waals surface area contributed by atoms with Crippen molar-refractivity contribution in [3.63, 3.8) is 0 Å². The van der Waals surface area contributed by atoms with Gasteiger partial charge in [-0.2, -0.15) is 18.3 Å². The zero-order chi connectivity index (χ0) is 11.9. The Morgan fingerprint density at radius 3 is 2.62 bits per heavy atom. The van der Waals surface area contributed by atoms with Gasteiger partial charge in [-0.15, -0.1) is 0 Å². The molecule has 2 N–H and O–H groups in total. The van der Waals surface area contributed by atoms with Crippen LogP contribution < -0.4 is 0 Å². The number of fused-ring (bicyclic) bond motifs is 1. The summed E-state index contributed by atoms with van der Waals surface area (Å²) in [6.45, 7) is 1.47. The first-order valence-corrected chi connectivity index (χ1v) is 4.63. The molecule has 6 heteroatoms. The van der Waals surface area contributed by atoms with Crippen molar-refractivity contribution in [2.24, 2.45) is 0 Å². The van der Waals surface area contributed by atoms with Gasteiger partial charge in [0.25, 0.3) is 0 Å². The van der Waals surface area contributed by atoms with E-state index in [0.717, 1.165) is 12.1 Å². The third kappa shape index (κ3) is 1.76. The molecule has 2 rings (SSSR count). The average Bonchev–Trinajstić information content (AvgIpc) is 2.58. The van der Waals surface area contributed by atoms with Crippen molar-refractivity contribution in [3.8, 4) is 0 Å². The largest absolute Gasteiger partial charge is 0.416 e. The van der Waals surface area contributed by atoms with Gasteiger partial charge in [0.2, 0.25) is 0 Å². The lowest BCUT2D eigenvalue weighted by Gasteiger charge is -2.07. The standard InChI is InChI=1S/C10H9F3N2O/c1-5(16)9-7-4-6(10(11,12)13)2-3-8(7)14-15-9/h2-5,16H,1H3,(H,14,15). The topological polar surface area (TPSA) is 48.9 Å². The number of nitrogens with zero attached hydrogens (tertiary/aromatic N) is 1. The highest BCUT2D eigenvalue weighted by atomic mass is 19.4. The molecule has 1 unspecified atom stereocenters. The summed E-state index contributed by atoms with van der Waals surface area (Å²) in [6.07, 6.45) is -5.27. The van der Waals surface area contributed by atoms with Gasteiger partial charge >= 0.3 is 6.18 Å². The highest BCUT2D eigenvalue weighted by molar-refractivity contribution is 5.82. The molecule has 0 aliphatic rings. The van der Waals surface area contributed by atoms with E-state index in [4.69, 9.17) is 0 Å². The highest BCUT2D eigenvalue weighted by Gasteiger charge is 2.31. The number of aromatic nitrogens is 2. The van der Waals surface area contributed by atoms with Gasteiger partial charge in [-0.3, -0.25) is 5.10 Å². The van der Waals surface area contributed by atoms with Gasteiger partial charge in [-0.1, -0.05) is 0 Å². The number of rotatable bonds is 1. The molecule has 1 aromatic heterocycles. The van der Waals surface area contributed by atoms with E-state index in [0.29, 0.717) is 16.6 Å². The molecule has 0 saturated carbocycles. The van der Waals surface area contributed by atoms with Crippen LogP contribution in [0.4, 0.5) is 13.2 Å². The molecular formula is C10H9F3N2O. The minimum atomic E-state index is -4.39. The van der Waals surface area contributed by atoms with Crippen LogP contribution in [0.5, 0.6) is 0 Å². The Hall–Kier alpha value is -1.56. The van der Waals surface area contributed by atoms with Gasteiger partial charge in [0.05, 0.1) is 22.9 Å². The number of aromatic amines is 1. The molecule has 0 aliphatic carbocycles. The van der Waals surface area contributed by atoms with Crippen LogP contribution in [-0.2, 0) is 6.18 Å². The summed E-state index contributed by atoms with van der Waals surface area (Å²) in [7, 11) is 0. The summed E-state index contributed by atoms with van der Waals surface area (Å²) < 4.78 is 37.4. The molecule has 0 saturated heterocycles.